The second-order valence-electron chi connectivity index (χ2n) is 6.03. The van der Waals surface area contributed by atoms with Crippen molar-refractivity contribution in [2.24, 2.45) is 0 Å². The quantitative estimate of drug-likeness (QED) is 0.365. The van der Waals surface area contributed by atoms with Crippen LogP contribution in [-0.2, 0) is 4.79 Å². The Kier molecular flexibility index (Phi) is 4.91. The highest BCUT2D eigenvalue weighted by atomic mass is 32.1. The Morgan fingerprint density at radius 2 is 2.00 bits per heavy atom. The van der Waals surface area contributed by atoms with Crippen molar-refractivity contribution in [2.45, 2.75) is 6.42 Å². The average molecular weight is 428 g/mol. The van der Waals surface area contributed by atoms with E-state index in [0.29, 0.717) is 5.13 Å². The predicted octanol–water partition coefficient (Wildman–Crippen LogP) is 3.40. The Morgan fingerprint density at radius 3 is 2.72 bits per heavy atom. The fourth-order valence-corrected chi connectivity index (χ4v) is 4.42. The minimum atomic E-state index is -0.765. The van der Waals surface area contributed by atoms with Crippen LogP contribution < -0.4 is 5.32 Å². The highest BCUT2D eigenvalue weighted by Crippen LogP contribution is 2.31. The van der Waals surface area contributed by atoms with Crippen molar-refractivity contribution in [3.63, 3.8) is 0 Å². The second-order valence-corrected chi connectivity index (χ2v) is 7.84. The van der Waals surface area contributed by atoms with Crippen LogP contribution in [0.15, 0.2) is 41.1 Å². The number of benzene rings is 1. The Balaban J connectivity index is 1.41. The van der Waals surface area contributed by atoms with Crippen LogP contribution in [0.5, 0.6) is 0 Å². The minimum Gasteiger partial charge on any atom is -0.302 e. The third-order valence-electron chi connectivity index (χ3n) is 4.26. The molecule has 4 rings (SSSR count). The van der Waals surface area contributed by atoms with Crippen molar-refractivity contribution in [1.29, 1.82) is 0 Å². The lowest BCUT2D eigenvalue weighted by atomic mass is 10.1. The van der Waals surface area contributed by atoms with Gasteiger partial charge in [-0.15, -0.1) is 22.7 Å². The summed E-state index contributed by atoms with van der Waals surface area (Å²) in [5.41, 5.74) is 0.0817. The van der Waals surface area contributed by atoms with E-state index in [1.165, 1.54) is 40.9 Å². The molecular formula is C18H12N4O5S2. The van der Waals surface area contributed by atoms with Gasteiger partial charge in [-0.3, -0.25) is 29.4 Å². The lowest BCUT2D eigenvalue weighted by molar-refractivity contribution is -0.385. The molecule has 0 spiro atoms. The zero-order chi connectivity index (χ0) is 20.5. The summed E-state index contributed by atoms with van der Waals surface area (Å²) in [6, 6.07) is 7.72. The number of nitrogens with zero attached hydrogens (tertiary/aromatic N) is 3. The van der Waals surface area contributed by atoms with E-state index < -0.39 is 28.3 Å². The lowest BCUT2D eigenvalue weighted by Crippen LogP contribution is -2.33. The average Bonchev–Trinajstić information content (AvgIpc) is 3.42. The molecule has 2 aromatic heterocycles. The first-order chi connectivity index (χ1) is 14.0. The third-order valence-corrected chi connectivity index (χ3v) is 5.91. The van der Waals surface area contributed by atoms with Crippen LogP contribution in [0.1, 0.15) is 27.1 Å². The molecule has 0 saturated carbocycles. The van der Waals surface area contributed by atoms with Crippen LogP contribution in [0, 0.1) is 10.1 Å². The number of nitrogens with one attached hydrogen (secondary N) is 1. The second kappa shape index (κ2) is 7.53. The molecular weight excluding hydrogens is 416 g/mol. The van der Waals surface area contributed by atoms with Crippen LogP contribution in [0.2, 0.25) is 0 Å². The molecule has 3 heterocycles. The van der Waals surface area contributed by atoms with Gasteiger partial charge in [-0.05, 0) is 17.5 Å². The van der Waals surface area contributed by atoms with Crippen molar-refractivity contribution in [2.75, 3.05) is 11.9 Å². The van der Waals surface area contributed by atoms with Gasteiger partial charge in [-0.25, -0.2) is 4.98 Å². The van der Waals surface area contributed by atoms with Crippen molar-refractivity contribution < 1.29 is 19.3 Å². The van der Waals surface area contributed by atoms with Crippen LogP contribution in [-0.4, -0.2) is 39.1 Å². The molecule has 0 atom stereocenters. The maximum absolute atomic E-state index is 12.5. The monoisotopic (exact) mass is 428 g/mol. The van der Waals surface area contributed by atoms with E-state index in [2.05, 4.69) is 10.3 Å². The van der Waals surface area contributed by atoms with Crippen LogP contribution in [0.3, 0.4) is 0 Å². The number of amides is 3. The van der Waals surface area contributed by atoms with Gasteiger partial charge in [0.2, 0.25) is 5.91 Å². The molecule has 11 heteroatoms. The topological polar surface area (TPSA) is 123 Å². The molecule has 3 amide bonds. The first kappa shape index (κ1) is 18.9. The van der Waals surface area contributed by atoms with Gasteiger partial charge < -0.3 is 5.32 Å². The first-order valence-electron chi connectivity index (χ1n) is 8.38. The molecule has 29 heavy (non-hydrogen) atoms. The minimum absolute atomic E-state index is 0.0230. The van der Waals surface area contributed by atoms with Crippen LogP contribution in [0.25, 0.3) is 10.6 Å². The van der Waals surface area contributed by atoms with Gasteiger partial charge in [-0.2, -0.15) is 0 Å². The Labute approximate surface area is 171 Å². The predicted molar refractivity (Wildman–Crippen MR) is 107 cm³/mol. The number of anilines is 1. The van der Waals surface area contributed by atoms with Crippen LogP contribution >= 0.6 is 22.7 Å². The molecule has 0 radical (unpaired) electrons. The Bertz CT molecular complexity index is 1140. The Morgan fingerprint density at radius 1 is 1.17 bits per heavy atom. The van der Waals surface area contributed by atoms with Crippen molar-refractivity contribution >= 4 is 51.2 Å². The summed E-state index contributed by atoms with van der Waals surface area (Å²) in [7, 11) is 0. The number of thiazole rings is 1. The maximum Gasteiger partial charge on any atom is 0.282 e. The van der Waals surface area contributed by atoms with Crippen molar-refractivity contribution in [3.05, 3.63) is 62.3 Å². The lowest BCUT2D eigenvalue weighted by Gasteiger charge is -2.12. The summed E-state index contributed by atoms with van der Waals surface area (Å²) in [5, 5.41) is 17.9. The molecule has 0 bridgehead atoms. The van der Waals surface area contributed by atoms with E-state index in [1.807, 2.05) is 22.9 Å². The molecule has 0 saturated heterocycles. The van der Waals surface area contributed by atoms with Gasteiger partial charge in [0.25, 0.3) is 17.5 Å². The summed E-state index contributed by atoms with van der Waals surface area (Å²) in [4.78, 5) is 53.8. The molecule has 1 aliphatic heterocycles. The molecule has 1 N–H and O–H groups in total. The van der Waals surface area contributed by atoms with Gasteiger partial charge in [0.05, 0.1) is 21.1 Å². The van der Waals surface area contributed by atoms with Gasteiger partial charge in [0.1, 0.15) is 5.56 Å². The van der Waals surface area contributed by atoms with E-state index in [4.69, 9.17) is 0 Å². The van der Waals surface area contributed by atoms with Gasteiger partial charge >= 0.3 is 0 Å². The number of carbonyl (C=O) groups excluding carboxylic acids is 3. The van der Waals surface area contributed by atoms with E-state index in [-0.39, 0.29) is 24.1 Å². The molecule has 1 aromatic carbocycles. The molecule has 0 unspecified atom stereocenters. The molecule has 146 valence electrons. The fraction of sp³-hybridized carbons (Fsp3) is 0.111. The van der Waals surface area contributed by atoms with E-state index in [1.54, 1.807) is 0 Å². The van der Waals surface area contributed by atoms with Gasteiger partial charge in [0, 0.05) is 24.4 Å². The standard InChI is InChI=1S/C18H12N4O5S2/c23-14(20-18-19-11(9-29-18)13-5-2-8-28-13)6-7-21-16(24)10-3-1-4-12(22(26)27)15(10)17(21)25/h1-5,8-9H,6-7H2,(H,19,20,23). The van der Waals surface area contributed by atoms with E-state index in [9.17, 15) is 24.5 Å². The SMILES string of the molecule is O=C(CCN1C(=O)c2cccc([N+](=O)[O-])c2C1=O)Nc1nc(-c2cccs2)cs1. The number of imide groups is 1. The van der Waals surface area contributed by atoms with Crippen molar-refractivity contribution in [3.8, 4) is 10.6 Å². The van der Waals surface area contributed by atoms with Crippen LogP contribution in [0.4, 0.5) is 10.8 Å². The number of fused-ring (bicyclic) bond motifs is 1. The number of rotatable bonds is 6. The normalized spacial score (nSPS) is 12.9. The summed E-state index contributed by atoms with van der Waals surface area (Å²) in [6.07, 6.45) is -0.146. The molecule has 1 aliphatic rings. The number of hydrogen-bond donors (Lipinski definition) is 1. The smallest absolute Gasteiger partial charge is 0.282 e. The molecule has 0 fully saturated rings. The number of aromatic nitrogens is 1. The van der Waals surface area contributed by atoms with Crippen molar-refractivity contribution in [1.82, 2.24) is 9.88 Å². The first-order valence-corrected chi connectivity index (χ1v) is 10.1. The molecule has 0 aliphatic carbocycles. The third kappa shape index (κ3) is 3.52. The number of thiophene rings is 1. The number of nitro benzene ring substituents is 1. The summed E-state index contributed by atoms with van der Waals surface area (Å²) in [6.45, 7) is -0.182. The van der Waals surface area contributed by atoms with Gasteiger partial charge in [-0.1, -0.05) is 12.1 Å². The number of nitro groups is 1. The molecule has 3 aromatic rings. The van der Waals surface area contributed by atoms with E-state index in [0.717, 1.165) is 15.5 Å². The maximum atomic E-state index is 12.5. The Hall–Kier alpha value is -3.44. The summed E-state index contributed by atoms with van der Waals surface area (Å²) >= 11 is 2.81. The van der Waals surface area contributed by atoms with E-state index >= 15 is 0 Å². The summed E-state index contributed by atoms with van der Waals surface area (Å²) < 4.78 is 0. The number of carbonyl (C=O) groups is 3. The molecule has 9 nitrogen and oxygen atoms in total. The highest BCUT2D eigenvalue weighted by molar-refractivity contribution is 7.16. The summed E-state index contributed by atoms with van der Waals surface area (Å²) in [5.74, 6) is -1.82. The fourth-order valence-electron chi connectivity index (χ4n) is 2.93. The van der Waals surface area contributed by atoms with Gasteiger partial charge in [0.15, 0.2) is 5.13 Å². The zero-order valence-corrected chi connectivity index (χ0v) is 16.3. The highest BCUT2D eigenvalue weighted by Gasteiger charge is 2.40. The zero-order valence-electron chi connectivity index (χ0n) is 14.7. The number of hydrogen-bond acceptors (Lipinski definition) is 8. The largest absolute Gasteiger partial charge is 0.302 e.